The summed E-state index contributed by atoms with van der Waals surface area (Å²) in [6, 6.07) is 16.8. The third-order valence-corrected chi connectivity index (χ3v) is 4.97. The molecule has 0 aliphatic rings. The first-order valence-corrected chi connectivity index (χ1v) is 10.5. The van der Waals surface area contributed by atoms with Crippen LogP contribution in [0.3, 0.4) is 0 Å². The summed E-state index contributed by atoms with van der Waals surface area (Å²) >= 11 is 0. The average Bonchev–Trinajstić information content (AvgIpc) is 2.87. The predicted molar refractivity (Wildman–Crippen MR) is 127 cm³/mol. The van der Waals surface area contributed by atoms with Gasteiger partial charge in [-0.25, -0.2) is 4.79 Å². The van der Waals surface area contributed by atoms with Crippen LogP contribution in [0.25, 0.3) is 0 Å². The average molecular weight is 480 g/mol. The summed E-state index contributed by atoms with van der Waals surface area (Å²) in [5.41, 5.74) is 1.68. The van der Waals surface area contributed by atoms with E-state index >= 15 is 0 Å². The molecular formula is C25H24N2O8. The quantitative estimate of drug-likeness (QED) is 0.259. The molecule has 0 aliphatic carbocycles. The molecule has 0 fully saturated rings. The summed E-state index contributed by atoms with van der Waals surface area (Å²) in [6.45, 7) is 1.36. The third-order valence-electron chi connectivity index (χ3n) is 4.97. The van der Waals surface area contributed by atoms with E-state index in [1.165, 1.54) is 38.5 Å². The van der Waals surface area contributed by atoms with Crippen LogP contribution in [-0.2, 0) is 16.1 Å². The normalized spacial score (nSPS) is 10.3. The lowest BCUT2D eigenvalue weighted by Crippen LogP contribution is -2.21. The van der Waals surface area contributed by atoms with Gasteiger partial charge in [0.25, 0.3) is 5.91 Å². The molecule has 0 saturated carbocycles. The molecule has 182 valence electrons. The minimum atomic E-state index is -0.730. The molecule has 3 aromatic carbocycles. The van der Waals surface area contributed by atoms with Crippen molar-refractivity contribution in [3.05, 3.63) is 87.5 Å². The van der Waals surface area contributed by atoms with Gasteiger partial charge in [-0.15, -0.1) is 0 Å². The first kappa shape index (κ1) is 25.0. The summed E-state index contributed by atoms with van der Waals surface area (Å²) in [6.07, 6.45) is 0. The number of amides is 1. The Balaban J connectivity index is 1.61. The highest BCUT2D eigenvalue weighted by Gasteiger charge is 2.19. The van der Waals surface area contributed by atoms with Crippen LogP contribution in [0.4, 0.5) is 11.4 Å². The number of benzene rings is 3. The molecule has 0 unspecified atom stereocenters. The molecule has 10 nitrogen and oxygen atoms in total. The summed E-state index contributed by atoms with van der Waals surface area (Å²) in [7, 11) is 2.74. The van der Waals surface area contributed by atoms with Crippen molar-refractivity contribution in [1.82, 2.24) is 0 Å². The van der Waals surface area contributed by atoms with Gasteiger partial charge in [0.15, 0.2) is 23.9 Å². The fraction of sp³-hybridized carbons (Fsp3) is 0.200. The SMILES string of the molecule is COc1cc(C(=O)OCC(=O)Nc2cc(OC)c([N+](=O)[O-])cc2C)ccc1OCc1ccccc1. The lowest BCUT2D eigenvalue weighted by atomic mass is 10.1. The largest absolute Gasteiger partial charge is 0.493 e. The second-order valence-electron chi connectivity index (χ2n) is 7.36. The molecule has 3 aromatic rings. The van der Waals surface area contributed by atoms with E-state index in [4.69, 9.17) is 18.9 Å². The maximum Gasteiger partial charge on any atom is 0.338 e. The third kappa shape index (κ3) is 6.47. The summed E-state index contributed by atoms with van der Waals surface area (Å²) in [5.74, 6) is -0.561. The Morgan fingerprint density at radius 3 is 2.31 bits per heavy atom. The maximum absolute atomic E-state index is 12.5. The van der Waals surface area contributed by atoms with Crippen molar-refractivity contribution in [2.75, 3.05) is 26.1 Å². The van der Waals surface area contributed by atoms with Crippen LogP contribution < -0.4 is 19.5 Å². The van der Waals surface area contributed by atoms with E-state index in [0.717, 1.165) is 5.56 Å². The van der Waals surface area contributed by atoms with Crippen LogP contribution in [0, 0.1) is 17.0 Å². The highest BCUT2D eigenvalue weighted by molar-refractivity contribution is 5.96. The van der Waals surface area contributed by atoms with Crippen molar-refractivity contribution in [1.29, 1.82) is 0 Å². The molecule has 1 N–H and O–H groups in total. The van der Waals surface area contributed by atoms with Crippen molar-refractivity contribution < 1.29 is 33.5 Å². The Bertz CT molecular complexity index is 1230. The number of aryl methyl sites for hydroxylation is 1. The van der Waals surface area contributed by atoms with Gasteiger partial charge in [-0.2, -0.15) is 0 Å². The molecule has 0 heterocycles. The highest BCUT2D eigenvalue weighted by Crippen LogP contribution is 2.33. The van der Waals surface area contributed by atoms with E-state index in [-0.39, 0.29) is 17.0 Å². The lowest BCUT2D eigenvalue weighted by molar-refractivity contribution is -0.385. The Kier molecular flexibility index (Phi) is 8.23. The minimum absolute atomic E-state index is 0.00503. The number of rotatable bonds is 10. The van der Waals surface area contributed by atoms with Crippen LogP contribution in [0.1, 0.15) is 21.5 Å². The number of carbonyl (C=O) groups excluding carboxylic acids is 2. The Morgan fingerprint density at radius 1 is 0.943 bits per heavy atom. The second kappa shape index (κ2) is 11.5. The number of nitrogens with zero attached hydrogens (tertiary/aromatic N) is 1. The first-order chi connectivity index (χ1) is 16.8. The second-order valence-corrected chi connectivity index (χ2v) is 7.36. The van der Waals surface area contributed by atoms with Gasteiger partial charge in [-0.3, -0.25) is 14.9 Å². The summed E-state index contributed by atoms with van der Waals surface area (Å²) in [5, 5.41) is 13.7. The Morgan fingerprint density at radius 2 is 1.66 bits per heavy atom. The molecule has 0 bridgehead atoms. The molecule has 0 spiro atoms. The van der Waals surface area contributed by atoms with Crippen LogP contribution in [0.15, 0.2) is 60.7 Å². The summed E-state index contributed by atoms with van der Waals surface area (Å²) in [4.78, 5) is 35.3. The molecular weight excluding hydrogens is 456 g/mol. The highest BCUT2D eigenvalue weighted by atomic mass is 16.6. The van der Waals surface area contributed by atoms with Gasteiger partial charge in [0.1, 0.15) is 6.61 Å². The van der Waals surface area contributed by atoms with E-state index in [0.29, 0.717) is 29.4 Å². The van der Waals surface area contributed by atoms with Crippen LogP contribution in [0.2, 0.25) is 0 Å². The lowest BCUT2D eigenvalue weighted by Gasteiger charge is -2.13. The molecule has 1 amide bonds. The van der Waals surface area contributed by atoms with Crippen molar-refractivity contribution in [2.45, 2.75) is 13.5 Å². The molecule has 0 atom stereocenters. The van der Waals surface area contributed by atoms with Crippen LogP contribution in [0.5, 0.6) is 17.2 Å². The summed E-state index contributed by atoms with van der Waals surface area (Å²) < 4.78 is 21.2. The van der Waals surface area contributed by atoms with E-state index in [1.807, 2.05) is 30.3 Å². The number of hydrogen-bond acceptors (Lipinski definition) is 8. The number of esters is 1. The zero-order valence-corrected chi connectivity index (χ0v) is 19.4. The minimum Gasteiger partial charge on any atom is -0.493 e. The number of nitro groups is 1. The molecule has 0 aromatic heterocycles. The maximum atomic E-state index is 12.5. The number of carbonyl (C=O) groups is 2. The molecule has 0 saturated heterocycles. The van der Waals surface area contributed by atoms with E-state index in [2.05, 4.69) is 5.32 Å². The van der Waals surface area contributed by atoms with Gasteiger partial charge < -0.3 is 24.3 Å². The van der Waals surface area contributed by atoms with Gasteiger partial charge in [-0.05, 0) is 36.2 Å². The Labute approximate surface area is 201 Å². The fourth-order valence-corrected chi connectivity index (χ4v) is 3.16. The molecule has 3 rings (SSSR count). The first-order valence-electron chi connectivity index (χ1n) is 10.5. The van der Waals surface area contributed by atoms with Gasteiger partial charge in [0, 0.05) is 17.8 Å². The van der Waals surface area contributed by atoms with Crippen molar-refractivity contribution in [3.63, 3.8) is 0 Å². The number of nitrogens with one attached hydrogen (secondary N) is 1. The monoisotopic (exact) mass is 480 g/mol. The molecule has 35 heavy (non-hydrogen) atoms. The number of hydrogen-bond donors (Lipinski definition) is 1. The van der Waals surface area contributed by atoms with Gasteiger partial charge in [0.2, 0.25) is 0 Å². The predicted octanol–water partition coefficient (Wildman–Crippen LogP) is 4.29. The van der Waals surface area contributed by atoms with Gasteiger partial charge in [0.05, 0.1) is 24.7 Å². The van der Waals surface area contributed by atoms with Crippen molar-refractivity contribution in [3.8, 4) is 17.2 Å². The van der Waals surface area contributed by atoms with E-state index in [9.17, 15) is 19.7 Å². The standard InChI is InChI=1S/C25H24N2O8/c1-16-11-20(27(30)31)22(32-2)13-19(16)26-24(28)15-35-25(29)18-9-10-21(23(12-18)33-3)34-14-17-7-5-4-6-8-17/h4-13H,14-15H2,1-3H3,(H,26,28). The number of anilines is 1. The van der Waals surface area contributed by atoms with Crippen molar-refractivity contribution in [2.24, 2.45) is 0 Å². The van der Waals surface area contributed by atoms with Gasteiger partial charge in [-0.1, -0.05) is 30.3 Å². The number of nitro benzene ring substituents is 1. The fourth-order valence-electron chi connectivity index (χ4n) is 3.16. The van der Waals surface area contributed by atoms with Gasteiger partial charge >= 0.3 is 11.7 Å². The topological polar surface area (TPSA) is 126 Å². The molecule has 10 heteroatoms. The van der Waals surface area contributed by atoms with Crippen LogP contribution >= 0.6 is 0 Å². The molecule has 0 radical (unpaired) electrons. The number of methoxy groups -OCH3 is 2. The van der Waals surface area contributed by atoms with E-state index in [1.54, 1.807) is 13.0 Å². The Hall–Kier alpha value is -4.60. The zero-order valence-electron chi connectivity index (χ0n) is 19.4. The smallest absolute Gasteiger partial charge is 0.338 e. The van der Waals surface area contributed by atoms with E-state index < -0.39 is 23.4 Å². The van der Waals surface area contributed by atoms with Crippen molar-refractivity contribution >= 4 is 23.3 Å². The number of ether oxygens (including phenoxy) is 4. The molecule has 0 aliphatic heterocycles. The zero-order chi connectivity index (χ0) is 25.4. The van der Waals surface area contributed by atoms with Crippen LogP contribution in [-0.4, -0.2) is 37.6 Å².